The zero-order chi connectivity index (χ0) is 24.6. The molecule has 1 aromatic heterocycles. The van der Waals surface area contributed by atoms with Gasteiger partial charge in [0, 0.05) is 18.5 Å². The van der Waals surface area contributed by atoms with Crippen LogP contribution in [0.25, 0.3) is 10.9 Å². The van der Waals surface area contributed by atoms with Gasteiger partial charge in [-0.3, -0.25) is 9.69 Å². The number of carbonyl (C=O) groups excluding carboxylic acids is 1. The van der Waals surface area contributed by atoms with Crippen LogP contribution in [0.2, 0.25) is 0 Å². The van der Waals surface area contributed by atoms with Crippen molar-refractivity contribution in [1.29, 1.82) is 0 Å². The van der Waals surface area contributed by atoms with Crippen LogP contribution in [0.15, 0.2) is 90.0 Å². The van der Waals surface area contributed by atoms with Gasteiger partial charge in [0.2, 0.25) is 5.91 Å². The quantitative estimate of drug-likeness (QED) is 0.268. The number of benzene rings is 3. The van der Waals surface area contributed by atoms with Crippen molar-refractivity contribution in [1.82, 2.24) is 20.2 Å². The first kappa shape index (κ1) is 24.4. The highest BCUT2D eigenvalue weighted by atomic mass is 32.2. The van der Waals surface area contributed by atoms with Crippen LogP contribution in [0.5, 0.6) is 0 Å². The number of hydrogen-bond donors (Lipinski definition) is 1. The number of amides is 1. The van der Waals surface area contributed by atoms with Crippen molar-refractivity contribution in [2.75, 3.05) is 32.1 Å². The van der Waals surface area contributed by atoms with E-state index in [-0.39, 0.29) is 17.7 Å². The fourth-order valence-electron chi connectivity index (χ4n) is 4.39. The van der Waals surface area contributed by atoms with Crippen LogP contribution >= 0.6 is 11.8 Å². The molecule has 0 bridgehead atoms. The van der Waals surface area contributed by atoms with Gasteiger partial charge in [-0.2, -0.15) is 0 Å². The van der Waals surface area contributed by atoms with Gasteiger partial charge in [0.05, 0.1) is 37.1 Å². The molecule has 3 aromatic carbocycles. The summed E-state index contributed by atoms with van der Waals surface area (Å²) in [5, 5.41) is 5.08. The number of carbonyl (C=O) groups is 1. The molecule has 1 aliphatic rings. The minimum absolute atomic E-state index is 0.0118. The van der Waals surface area contributed by atoms with Crippen molar-refractivity contribution in [2.24, 2.45) is 0 Å². The molecular weight excluding hydrogens is 468 g/mol. The molecule has 36 heavy (non-hydrogen) atoms. The number of hydrogen-bond acceptors (Lipinski definition) is 6. The summed E-state index contributed by atoms with van der Waals surface area (Å²) in [6, 6.07) is 28.3. The molecule has 184 valence electrons. The number of fused-ring (bicyclic) bond motifs is 1. The maximum absolute atomic E-state index is 13.1. The largest absolute Gasteiger partial charge is 0.379 e. The normalized spacial score (nSPS) is 15.0. The summed E-state index contributed by atoms with van der Waals surface area (Å²) in [5.41, 5.74) is 3.19. The van der Waals surface area contributed by atoms with Crippen molar-refractivity contribution in [3.63, 3.8) is 0 Å². The highest BCUT2D eigenvalue weighted by molar-refractivity contribution is 8.00. The SMILES string of the molecule is O=C(CSc1nc(CN2CCOCC2)nc2ccccc12)NC(Cc1ccccc1)c1ccccc1. The molecule has 5 rings (SSSR count). The van der Waals surface area contributed by atoms with Crippen LogP contribution in [0.1, 0.15) is 23.0 Å². The Morgan fingerprint density at radius 3 is 2.39 bits per heavy atom. The van der Waals surface area contributed by atoms with Crippen molar-refractivity contribution in [3.05, 3.63) is 102 Å². The highest BCUT2D eigenvalue weighted by Crippen LogP contribution is 2.26. The molecule has 4 aromatic rings. The smallest absolute Gasteiger partial charge is 0.230 e. The summed E-state index contributed by atoms with van der Waals surface area (Å²) in [6.45, 7) is 3.91. The molecule has 6 nitrogen and oxygen atoms in total. The van der Waals surface area contributed by atoms with E-state index in [9.17, 15) is 4.79 Å². The van der Waals surface area contributed by atoms with E-state index in [0.29, 0.717) is 6.54 Å². The van der Waals surface area contributed by atoms with Gasteiger partial charge < -0.3 is 10.1 Å². The molecule has 1 fully saturated rings. The second-order valence-corrected chi connectivity index (χ2v) is 9.82. The Morgan fingerprint density at radius 1 is 0.917 bits per heavy atom. The van der Waals surface area contributed by atoms with Crippen molar-refractivity contribution >= 4 is 28.6 Å². The summed E-state index contributed by atoms with van der Waals surface area (Å²) < 4.78 is 5.47. The Kier molecular flexibility index (Phi) is 8.23. The van der Waals surface area contributed by atoms with E-state index in [1.807, 2.05) is 60.7 Å². The number of ether oxygens (including phenoxy) is 1. The molecule has 1 saturated heterocycles. The third-order valence-electron chi connectivity index (χ3n) is 6.24. The van der Waals surface area contributed by atoms with Gasteiger partial charge in [-0.15, -0.1) is 0 Å². The summed E-state index contributed by atoms with van der Waals surface area (Å²) in [5.74, 6) is 1.06. The summed E-state index contributed by atoms with van der Waals surface area (Å²) in [6.07, 6.45) is 0.737. The lowest BCUT2D eigenvalue weighted by molar-refractivity contribution is -0.119. The third kappa shape index (κ3) is 6.49. The lowest BCUT2D eigenvalue weighted by Crippen LogP contribution is -2.36. The van der Waals surface area contributed by atoms with Gasteiger partial charge in [-0.1, -0.05) is 90.6 Å². The van der Waals surface area contributed by atoms with Crippen LogP contribution < -0.4 is 5.32 Å². The zero-order valence-electron chi connectivity index (χ0n) is 20.2. The fourth-order valence-corrected chi connectivity index (χ4v) is 5.24. The molecular formula is C29H30N4O2S. The molecule has 2 heterocycles. The van der Waals surface area contributed by atoms with Gasteiger partial charge >= 0.3 is 0 Å². The van der Waals surface area contributed by atoms with Gasteiger partial charge in [0.25, 0.3) is 0 Å². The van der Waals surface area contributed by atoms with Gasteiger partial charge in [-0.05, 0) is 23.6 Å². The summed E-state index contributed by atoms with van der Waals surface area (Å²) in [7, 11) is 0. The van der Waals surface area contributed by atoms with Crippen LogP contribution in [0.4, 0.5) is 0 Å². The number of aromatic nitrogens is 2. The lowest BCUT2D eigenvalue weighted by Gasteiger charge is -2.26. The number of nitrogens with one attached hydrogen (secondary N) is 1. The Hall–Kier alpha value is -3.26. The second kappa shape index (κ2) is 12.1. The molecule has 1 N–H and O–H groups in total. The van der Waals surface area contributed by atoms with Crippen molar-refractivity contribution in [2.45, 2.75) is 24.0 Å². The molecule has 0 saturated carbocycles. The van der Waals surface area contributed by atoms with Gasteiger partial charge in [0.1, 0.15) is 10.9 Å². The standard InChI is InChI=1S/C29H30N4O2S/c34-28(31-26(23-11-5-2-6-12-23)19-22-9-3-1-4-10-22)21-36-29-24-13-7-8-14-25(24)30-27(32-29)20-33-15-17-35-18-16-33/h1-14,26H,15-21H2,(H,31,34). The van der Waals surface area contributed by atoms with E-state index in [1.54, 1.807) is 0 Å². The molecule has 7 heteroatoms. The lowest BCUT2D eigenvalue weighted by atomic mass is 9.99. The maximum Gasteiger partial charge on any atom is 0.230 e. The molecule has 0 radical (unpaired) electrons. The van der Waals surface area contributed by atoms with E-state index < -0.39 is 0 Å². The summed E-state index contributed by atoms with van der Waals surface area (Å²) in [4.78, 5) is 25.1. The minimum atomic E-state index is -0.0966. The molecule has 1 atom stereocenters. The number of morpholine rings is 1. The van der Waals surface area contributed by atoms with E-state index in [0.717, 1.165) is 60.0 Å². The van der Waals surface area contributed by atoms with E-state index in [1.165, 1.54) is 17.3 Å². The monoisotopic (exact) mass is 498 g/mol. The first-order valence-corrected chi connectivity index (χ1v) is 13.3. The highest BCUT2D eigenvalue weighted by Gasteiger charge is 2.18. The Morgan fingerprint density at radius 2 is 1.61 bits per heavy atom. The van der Waals surface area contributed by atoms with E-state index in [4.69, 9.17) is 14.7 Å². The average Bonchev–Trinajstić information content (AvgIpc) is 2.93. The second-order valence-electron chi connectivity index (χ2n) is 8.86. The van der Waals surface area contributed by atoms with Gasteiger partial charge in [-0.25, -0.2) is 9.97 Å². The first-order valence-electron chi connectivity index (χ1n) is 12.3. The summed E-state index contributed by atoms with van der Waals surface area (Å²) >= 11 is 1.47. The fraction of sp³-hybridized carbons (Fsp3) is 0.276. The topological polar surface area (TPSA) is 67.4 Å². The first-order chi connectivity index (χ1) is 17.7. The number of rotatable bonds is 9. The molecule has 0 aliphatic carbocycles. The molecule has 1 aliphatic heterocycles. The third-order valence-corrected chi connectivity index (χ3v) is 7.23. The van der Waals surface area contributed by atoms with E-state index in [2.05, 4.69) is 34.5 Å². The molecule has 1 amide bonds. The zero-order valence-corrected chi connectivity index (χ0v) is 21.0. The van der Waals surface area contributed by atoms with Crippen LogP contribution in [-0.2, 0) is 22.5 Å². The van der Waals surface area contributed by atoms with Crippen LogP contribution in [0, 0.1) is 0 Å². The Labute approximate surface area is 216 Å². The van der Waals surface area contributed by atoms with Gasteiger partial charge in [0.15, 0.2) is 0 Å². The maximum atomic E-state index is 13.1. The predicted octanol–water partition coefficient (Wildman–Crippen LogP) is 4.65. The van der Waals surface area contributed by atoms with Crippen LogP contribution in [0.3, 0.4) is 0 Å². The predicted molar refractivity (Wildman–Crippen MR) is 144 cm³/mol. The minimum Gasteiger partial charge on any atom is -0.379 e. The Balaban J connectivity index is 1.30. The van der Waals surface area contributed by atoms with Crippen LogP contribution in [-0.4, -0.2) is 52.8 Å². The molecule has 1 unspecified atom stereocenters. The van der Waals surface area contributed by atoms with Crippen molar-refractivity contribution in [3.8, 4) is 0 Å². The van der Waals surface area contributed by atoms with E-state index >= 15 is 0 Å². The number of nitrogens with zero attached hydrogens (tertiary/aromatic N) is 3. The average molecular weight is 499 g/mol. The van der Waals surface area contributed by atoms with Crippen molar-refractivity contribution < 1.29 is 9.53 Å². The number of thioether (sulfide) groups is 1. The molecule has 0 spiro atoms. The number of para-hydroxylation sites is 1. The Bertz CT molecular complexity index is 1280.